The van der Waals surface area contributed by atoms with E-state index >= 15 is 0 Å². The molecule has 2 nitrogen and oxygen atoms in total. The smallest absolute Gasteiger partial charge is 0.0651 e. The Bertz CT molecular complexity index is 1290. The van der Waals surface area contributed by atoms with E-state index in [0.717, 1.165) is 22.6 Å². The lowest BCUT2D eigenvalue weighted by atomic mass is 10.0. The Morgan fingerprint density at radius 2 is 1.33 bits per heavy atom. The zero-order valence-corrected chi connectivity index (χ0v) is 16.9. The van der Waals surface area contributed by atoms with Gasteiger partial charge >= 0.3 is 0 Å². The van der Waals surface area contributed by atoms with Crippen LogP contribution in [-0.4, -0.2) is 4.98 Å². The van der Waals surface area contributed by atoms with Crippen LogP contribution in [0.15, 0.2) is 116 Å². The van der Waals surface area contributed by atoms with Gasteiger partial charge in [0.25, 0.3) is 0 Å². The molecule has 144 valence electrons. The minimum absolute atomic E-state index is 1.04. The monoisotopic (exact) mass is 386 g/mol. The van der Waals surface area contributed by atoms with Crippen LogP contribution >= 0.6 is 0 Å². The summed E-state index contributed by atoms with van der Waals surface area (Å²) >= 11 is 0. The highest BCUT2D eigenvalue weighted by atomic mass is 15.1. The molecule has 0 aliphatic heterocycles. The van der Waals surface area contributed by atoms with Gasteiger partial charge in [-0.2, -0.15) is 0 Å². The van der Waals surface area contributed by atoms with Gasteiger partial charge in [-0.1, -0.05) is 84.4 Å². The lowest BCUT2D eigenvalue weighted by Crippen LogP contribution is -2.10. The van der Waals surface area contributed by atoms with Crippen molar-refractivity contribution < 1.29 is 0 Å². The molecule has 0 aliphatic rings. The fourth-order valence-electron chi connectivity index (χ4n) is 3.86. The molecule has 0 fully saturated rings. The summed E-state index contributed by atoms with van der Waals surface area (Å²) in [5.74, 6) is 0. The molecule has 0 bridgehead atoms. The molecule has 1 aromatic heterocycles. The number of benzene rings is 4. The Hall–Kier alpha value is -3.91. The van der Waals surface area contributed by atoms with E-state index in [4.69, 9.17) is 0 Å². The first-order valence-electron chi connectivity index (χ1n) is 10.1. The van der Waals surface area contributed by atoms with Gasteiger partial charge in [-0.25, -0.2) is 0 Å². The quantitative estimate of drug-likeness (QED) is 0.315. The molecule has 0 radical (unpaired) electrons. The summed E-state index contributed by atoms with van der Waals surface area (Å²) in [5, 5.41) is 2.43. The van der Waals surface area contributed by atoms with Gasteiger partial charge < -0.3 is 4.90 Å². The Labute approximate surface area is 177 Å². The van der Waals surface area contributed by atoms with Crippen LogP contribution in [0, 0.1) is 6.92 Å². The lowest BCUT2D eigenvalue weighted by molar-refractivity contribution is 1.24. The highest BCUT2D eigenvalue weighted by Crippen LogP contribution is 2.39. The van der Waals surface area contributed by atoms with Crippen molar-refractivity contribution >= 4 is 27.8 Å². The summed E-state index contributed by atoms with van der Waals surface area (Å²) in [6.07, 6.45) is 3.87. The van der Waals surface area contributed by atoms with Crippen molar-refractivity contribution in [2.75, 3.05) is 4.90 Å². The first-order chi connectivity index (χ1) is 14.8. The molecule has 0 saturated heterocycles. The highest BCUT2D eigenvalue weighted by molar-refractivity contribution is 5.99. The second kappa shape index (κ2) is 7.84. The third-order valence-corrected chi connectivity index (χ3v) is 5.39. The van der Waals surface area contributed by atoms with Gasteiger partial charge in [0.2, 0.25) is 0 Å². The molecular formula is C28H22N2. The first-order valence-corrected chi connectivity index (χ1v) is 10.1. The summed E-state index contributed by atoms with van der Waals surface area (Å²) in [7, 11) is 0. The van der Waals surface area contributed by atoms with Crippen molar-refractivity contribution in [2.45, 2.75) is 6.92 Å². The molecule has 5 aromatic rings. The van der Waals surface area contributed by atoms with E-state index in [1.54, 1.807) is 0 Å². The van der Waals surface area contributed by atoms with Crippen LogP contribution in [-0.2, 0) is 0 Å². The molecule has 2 heteroatoms. The average molecular weight is 386 g/mol. The average Bonchev–Trinajstić information content (AvgIpc) is 2.81. The molecule has 0 spiro atoms. The van der Waals surface area contributed by atoms with Crippen LogP contribution in [0.2, 0.25) is 0 Å². The van der Waals surface area contributed by atoms with E-state index in [-0.39, 0.29) is 0 Å². The van der Waals surface area contributed by atoms with Crippen molar-refractivity contribution in [1.82, 2.24) is 4.98 Å². The third kappa shape index (κ3) is 3.44. The Morgan fingerprint density at radius 1 is 0.600 bits per heavy atom. The molecule has 4 aromatic carbocycles. The van der Waals surface area contributed by atoms with Gasteiger partial charge in [0.05, 0.1) is 17.6 Å². The van der Waals surface area contributed by atoms with E-state index in [0.29, 0.717) is 0 Å². The van der Waals surface area contributed by atoms with Crippen LogP contribution in [0.25, 0.3) is 21.9 Å². The van der Waals surface area contributed by atoms with Crippen molar-refractivity contribution in [1.29, 1.82) is 0 Å². The number of nitrogens with zero attached hydrogens (tertiary/aromatic N) is 2. The standard InChI is InChI=1S/C28H22N2/c1-21-14-16-22(17-15-21)24-18-26(20-29-19-24)30(25-10-3-2-4-11-25)28-13-7-9-23-8-5-6-12-27(23)28/h2-20H,1H3. The van der Waals surface area contributed by atoms with Gasteiger partial charge in [-0.15, -0.1) is 0 Å². The summed E-state index contributed by atoms with van der Waals surface area (Å²) in [4.78, 5) is 6.88. The van der Waals surface area contributed by atoms with Crippen LogP contribution in [0.1, 0.15) is 5.56 Å². The Kier molecular flexibility index (Phi) is 4.74. The topological polar surface area (TPSA) is 16.1 Å². The van der Waals surface area contributed by atoms with E-state index in [1.165, 1.54) is 21.9 Å². The van der Waals surface area contributed by atoms with Crippen molar-refractivity contribution in [2.24, 2.45) is 0 Å². The van der Waals surface area contributed by atoms with Crippen molar-refractivity contribution in [3.63, 3.8) is 0 Å². The van der Waals surface area contributed by atoms with Gasteiger partial charge in [-0.3, -0.25) is 4.98 Å². The molecule has 0 unspecified atom stereocenters. The zero-order valence-electron chi connectivity index (χ0n) is 16.9. The number of rotatable bonds is 4. The predicted octanol–water partition coefficient (Wildman–Crippen LogP) is 7.68. The van der Waals surface area contributed by atoms with Crippen LogP contribution in [0.4, 0.5) is 17.1 Å². The summed E-state index contributed by atoms with van der Waals surface area (Å²) in [5.41, 5.74) is 6.81. The fraction of sp³-hybridized carbons (Fsp3) is 0.0357. The SMILES string of the molecule is Cc1ccc(-c2cncc(N(c3ccccc3)c3cccc4ccccc34)c2)cc1. The molecular weight excluding hydrogens is 364 g/mol. The number of para-hydroxylation sites is 1. The zero-order chi connectivity index (χ0) is 20.3. The summed E-state index contributed by atoms with van der Waals surface area (Å²) in [6.45, 7) is 2.11. The molecule has 0 N–H and O–H groups in total. The minimum Gasteiger partial charge on any atom is -0.308 e. The number of aryl methyl sites for hydroxylation is 1. The summed E-state index contributed by atoms with van der Waals surface area (Å²) in [6, 6.07) is 36.2. The van der Waals surface area contributed by atoms with Gasteiger partial charge in [0, 0.05) is 22.8 Å². The predicted molar refractivity (Wildman–Crippen MR) is 127 cm³/mol. The maximum atomic E-state index is 4.59. The number of pyridine rings is 1. The van der Waals surface area contributed by atoms with Crippen LogP contribution in [0.5, 0.6) is 0 Å². The Balaban J connectivity index is 1.70. The fourth-order valence-corrected chi connectivity index (χ4v) is 3.86. The highest BCUT2D eigenvalue weighted by Gasteiger charge is 2.16. The molecule has 0 saturated carbocycles. The first kappa shape index (κ1) is 18.1. The minimum atomic E-state index is 1.04. The van der Waals surface area contributed by atoms with Crippen molar-refractivity contribution in [3.05, 3.63) is 121 Å². The lowest BCUT2D eigenvalue weighted by Gasteiger charge is -2.27. The number of aromatic nitrogens is 1. The molecule has 5 rings (SSSR count). The van der Waals surface area contributed by atoms with Gasteiger partial charge in [0.1, 0.15) is 0 Å². The van der Waals surface area contributed by atoms with E-state index in [9.17, 15) is 0 Å². The second-order valence-electron chi connectivity index (χ2n) is 7.47. The van der Waals surface area contributed by atoms with Gasteiger partial charge in [-0.05, 0) is 42.1 Å². The molecule has 0 amide bonds. The number of anilines is 3. The molecule has 0 aliphatic carbocycles. The Morgan fingerprint density at radius 3 is 2.17 bits per heavy atom. The van der Waals surface area contributed by atoms with Gasteiger partial charge in [0.15, 0.2) is 0 Å². The van der Waals surface area contributed by atoms with Crippen molar-refractivity contribution in [3.8, 4) is 11.1 Å². The number of hydrogen-bond donors (Lipinski definition) is 0. The molecule has 30 heavy (non-hydrogen) atoms. The van der Waals surface area contributed by atoms with E-state index < -0.39 is 0 Å². The van der Waals surface area contributed by atoms with E-state index in [1.807, 2.05) is 18.5 Å². The third-order valence-electron chi connectivity index (χ3n) is 5.39. The maximum Gasteiger partial charge on any atom is 0.0651 e. The van der Waals surface area contributed by atoms with E-state index in [2.05, 4.69) is 114 Å². The molecule has 1 heterocycles. The van der Waals surface area contributed by atoms with Crippen LogP contribution < -0.4 is 4.90 Å². The maximum absolute atomic E-state index is 4.59. The largest absolute Gasteiger partial charge is 0.308 e. The molecule has 0 atom stereocenters. The number of fused-ring (bicyclic) bond motifs is 1. The van der Waals surface area contributed by atoms with Crippen LogP contribution in [0.3, 0.4) is 0 Å². The normalized spacial score (nSPS) is 10.8. The number of hydrogen-bond acceptors (Lipinski definition) is 2. The summed E-state index contributed by atoms with van der Waals surface area (Å²) < 4.78 is 0. The second-order valence-corrected chi connectivity index (χ2v) is 7.47.